The third kappa shape index (κ3) is 5.05. The van der Waals surface area contributed by atoms with E-state index in [1.165, 1.54) is 4.90 Å². The van der Waals surface area contributed by atoms with Crippen LogP contribution in [0.25, 0.3) is 11.5 Å². The number of carboxylic acid groups (broad SMARTS) is 1. The van der Waals surface area contributed by atoms with Gasteiger partial charge in [0.05, 0.1) is 12.3 Å². The molecule has 0 fully saturated rings. The average Bonchev–Trinajstić information content (AvgIpc) is 3.32. The molecule has 1 N–H and O–H groups in total. The molecule has 2 heterocycles. The van der Waals surface area contributed by atoms with Crippen LogP contribution in [0, 0.1) is 6.92 Å². The molecule has 5 rings (SSSR count). The fraction of sp³-hybridized carbons (Fsp3) is 0.258. The predicted molar refractivity (Wildman–Crippen MR) is 143 cm³/mol. The summed E-state index contributed by atoms with van der Waals surface area (Å²) in [5.74, 6) is 0.533. The number of oxazole rings is 1. The number of aliphatic carboxylic acids is 1. The Morgan fingerprint density at radius 2 is 1.76 bits per heavy atom. The first kappa shape index (κ1) is 25.3. The van der Waals surface area contributed by atoms with Crippen molar-refractivity contribution >= 4 is 11.9 Å². The first-order valence-electron chi connectivity index (χ1n) is 12.8. The molecule has 0 aliphatic carbocycles. The molecule has 4 aromatic rings. The van der Waals surface area contributed by atoms with Gasteiger partial charge in [-0.25, -0.2) is 9.78 Å². The van der Waals surface area contributed by atoms with Crippen molar-refractivity contribution in [2.45, 2.75) is 45.2 Å². The molecule has 2 atom stereocenters. The van der Waals surface area contributed by atoms with Gasteiger partial charge in [0.2, 0.25) is 5.89 Å². The number of carbonyl (C=O) groups excluding carboxylic acids is 1. The van der Waals surface area contributed by atoms with Crippen molar-refractivity contribution in [1.82, 2.24) is 9.88 Å². The van der Waals surface area contributed by atoms with Crippen LogP contribution in [0.2, 0.25) is 0 Å². The van der Waals surface area contributed by atoms with Crippen LogP contribution in [0.3, 0.4) is 0 Å². The standard InChI is InChI=1S/C31H30N2O5/c1-3-24-18-23-14-15-25(37-17-16-27-20(2)38-29(32-27)21-10-6-4-7-11-21)19-26(23)28(31(35)36)33(24)30(34)22-12-8-5-9-13-22/h4-15,19,24,28H,3,16-18H2,1-2H3,(H,35,36)/t24-,28?/m0/s1. The number of nitrogens with zero attached hydrogens (tertiary/aromatic N) is 2. The van der Waals surface area contributed by atoms with E-state index in [2.05, 4.69) is 4.98 Å². The molecule has 0 spiro atoms. The second-order valence-corrected chi connectivity index (χ2v) is 9.43. The normalized spacial score (nSPS) is 16.6. The minimum Gasteiger partial charge on any atom is -0.493 e. The van der Waals surface area contributed by atoms with Crippen LogP contribution in [0.15, 0.2) is 83.3 Å². The quantitative estimate of drug-likeness (QED) is 0.318. The molecule has 7 heteroatoms. The molecule has 194 valence electrons. The summed E-state index contributed by atoms with van der Waals surface area (Å²) < 4.78 is 11.9. The molecule has 0 radical (unpaired) electrons. The van der Waals surface area contributed by atoms with E-state index in [4.69, 9.17) is 9.15 Å². The predicted octanol–water partition coefficient (Wildman–Crippen LogP) is 5.87. The maximum absolute atomic E-state index is 13.5. The van der Waals surface area contributed by atoms with Gasteiger partial charge in [0, 0.05) is 23.6 Å². The van der Waals surface area contributed by atoms with Crippen LogP contribution in [-0.2, 0) is 17.6 Å². The molecular formula is C31H30N2O5. The number of hydrogen-bond acceptors (Lipinski definition) is 5. The second kappa shape index (κ2) is 10.9. The smallest absolute Gasteiger partial charge is 0.331 e. The molecule has 1 aliphatic rings. The molecule has 3 aromatic carbocycles. The Hall–Kier alpha value is -4.39. The second-order valence-electron chi connectivity index (χ2n) is 9.43. The Balaban J connectivity index is 1.35. The van der Waals surface area contributed by atoms with Crippen molar-refractivity contribution in [2.24, 2.45) is 0 Å². The van der Waals surface area contributed by atoms with E-state index in [0.717, 1.165) is 22.6 Å². The lowest BCUT2D eigenvalue weighted by molar-refractivity contribution is -0.144. The van der Waals surface area contributed by atoms with Crippen molar-refractivity contribution < 1.29 is 23.8 Å². The first-order chi connectivity index (χ1) is 18.5. The van der Waals surface area contributed by atoms with E-state index >= 15 is 0 Å². The lowest BCUT2D eigenvalue weighted by Gasteiger charge is -2.41. The summed E-state index contributed by atoms with van der Waals surface area (Å²) >= 11 is 0. The Kier molecular flexibility index (Phi) is 7.26. The minimum atomic E-state index is -1.09. The highest BCUT2D eigenvalue weighted by Gasteiger charge is 2.41. The summed E-state index contributed by atoms with van der Waals surface area (Å²) in [4.78, 5) is 32.1. The number of aryl methyl sites for hydroxylation is 1. The highest BCUT2D eigenvalue weighted by molar-refractivity contribution is 5.97. The van der Waals surface area contributed by atoms with Gasteiger partial charge in [-0.3, -0.25) is 4.79 Å². The SMILES string of the molecule is CC[C@H]1Cc2ccc(OCCc3nc(-c4ccccc4)oc3C)cc2C(C(=O)O)N1C(=O)c1ccccc1. The summed E-state index contributed by atoms with van der Waals surface area (Å²) in [5, 5.41) is 10.3. The van der Waals surface area contributed by atoms with Crippen LogP contribution in [-0.4, -0.2) is 39.5 Å². The van der Waals surface area contributed by atoms with E-state index in [9.17, 15) is 14.7 Å². The van der Waals surface area contributed by atoms with Crippen molar-refractivity contribution in [3.63, 3.8) is 0 Å². The molecule has 7 nitrogen and oxygen atoms in total. The Morgan fingerprint density at radius 3 is 2.45 bits per heavy atom. The summed E-state index contributed by atoms with van der Waals surface area (Å²) in [6.45, 7) is 4.21. The fourth-order valence-electron chi connectivity index (χ4n) is 5.05. The molecular weight excluding hydrogens is 480 g/mol. The number of carbonyl (C=O) groups is 2. The summed E-state index contributed by atoms with van der Waals surface area (Å²) in [6.07, 6.45) is 1.79. The lowest BCUT2D eigenvalue weighted by atomic mass is 9.86. The molecule has 1 unspecified atom stereocenters. The number of ether oxygens (including phenoxy) is 1. The summed E-state index contributed by atoms with van der Waals surface area (Å²) in [7, 11) is 0. The van der Waals surface area contributed by atoms with Gasteiger partial charge in [-0.15, -0.1) is 0 Å². The van der Waals surface area contributed by atoms with Crippen molar-refractivity contribution in [3.05, 3.63) is 107 Å². The number of carboxylic acids is 1. The van der Waals surface area contributed by atoms with Gasteiger partial charge < -0.3 is 19.2 Å². The maximum atomic E-state index is 13.5. The van der Waals surface area contributed by atoms with Gasteiger partial charge in [0.15, 0.2) is 6.04 Å². The van der Waals surface area contributed by atoms with Gasteiger partial charge in [-0.1, -0.05) is 49.4 Å². The van der Waals surface area contributed by atoms with Crippen molar-refractivity contribution in [1.29, 1.82) is 0 Å². The van der Waals surface area contributed by atoms with Gasteiger partial charge >= 0.3 is 5.97 Å². The average molecular weight is 511 g/mol. The van der Waals surface area contributed by atoms with Crippen LogP contribution < -0.4 is 4.74 Å². The number of hydrogen-bond donors (Lipinski definition) is 1. The van der Waals surface area contributed by atoms with Crippen molar-refractivity contribution in [2.75, 3.05) is 6.61 Å². The van der Waals surface area contributed by atoms with Gasteiger partial charge in [0.25, 0.3) is 5.91 Å². The Morgan fingerprint density at radius 1 is 1.05 bits per heavy atom. The highest BCUT2D eigenvalue weighted by atomic mass is 16.5. The molecule has 0 saturated carbocycles. The van der Waals surface area contributed by atoms with E-state index in [-0.39, 0.29) is 11.9 Å². The van der Waals surface area contributed by atoms with E-state index in [0.29, 0.717) is 48.6 Å². The summed E-state index contributed by atoms with van der Waals surface area (Å²) in [6, 6.07) is 22.8. The molecule has 1 aliphatic heterocycles. The van der Waals surface area contributed by atoms with Crippen LogP contribution in [0.4, 0.5) is 0 Å². The zero-order valence-corrected chi connectivity index (χ0v) is 21.5. The van der Waals surface area contributed by atoms with Crippen molar-refractivity contribution in [3.8, 4) is 17.2 Å². The van der Waals surface area contributed by atoms with Gasteiger partial charge in [-0.05, 0) is 67.3 Å². The number of rotatable bonds is 8. The monoisotopic (exact) mass is 510 g/mol. The topological polar surface area (TPSA) is 92.9 Å². The van der Waals surface area contributed by atoms with Crippen LogP contribution >= 0.6 is 0 Å². The molecule has 0 saturated heterocycles. The number of fused-ring (bicyclic) bond motifs is 1. The fourth-order valence-corrected chi connectivity index (χ4v) is 5.05. The molecule has 1 amide bonds. The lowest BCUT2D eigenvalue weighted by Crippen LogP contribution is -2.49. The van der Waals surface area contributed by atoms with E-state index < -0.39 is 12.0 Å². The van der Waals surface area contributed by atoms with E-state index in [1.54, 1.807) is 30.3 Å². The van der Waals surface area contributed by atoms with E-state index in [1.807, 2.05) is 62.4 Å². The number of aromatic nitrogens is 1. The largest absolute Gasteiger partial charge is 0.493 e. The van der Waals surface area contributed by atoms with Gasteiger partial charge in [0.1, 0.15) is 11.5 Å². The molecule has 0 bridgehead atoms. The highest BCUT2D eigenvalue weighted by Crippen LogP contribution is 2.37. The van der Waals surface area contributed by atoms with Gasteiger partial charge in [-0.2, -0.15) is 0 Å². The molecule has 1 aromatic heterocycles. The third-order valence-corrected chi connectivity index (χ3v) is 7.02. The number of amides is 1. The zero-order chi connectivity index (χ0) is 26.6. The zero-order valence-electron chi connectivity index (χ0n) is 21.5. The maximum Gasteiger partial charge on any atom is 0.331 e. The first-order valence-corrected chi connectivity index (χ1v) is 12.8. The number of benzene rings is 3. The Labute approximate surface area is 221 Å². The molecule has 38 heavy (non-hydrogen) atoms. The van der Waals surface area contributed by atoms with Crippen LogP contribution in [0.5, 0.6) is 5.75 Å². The van der Waals surface area contributed by atoms with Crippen LogP contribution in [0.1, 0.15) is 52.3 Å². The third-order valence-electron chi connectivity index (χ3n) is 7.02. The summed E-state index contributed by atoms with van der Waals surface area (Å²) in [5.41, 5.74) is 3.72. The minimum absolute atomic E-state index is 0.211. The Bertz CT molecular complexity index is 1430.